The molecule has 0 aliphatic carbocycles. The second kappa shape index (κ2) is 9.94. The molecule has 0 bridgehead atoms. The summed E-state index contributed by atoms with van der Waals surface area (Å²) < 4.78 is 7.64. The van der Waals surface area contributed by atoms with E-state index in [9.17, 15) is 9.59 Å². The first kappa shape index (κ1) is 26.6. The van der Waals surface area contributed by atoms with Crippen LogP contribution in [0, 0.1) is 0 Å². The van der Waals surface area contributed by atoms with Crippen LogP contribution in [0.25, 0.3) is 11.5 Å². The van der Waals surface area contributed by atoms with Gasteiger partial charge in [-0.1, -0.05) is 6.07 Å². The molecule has 39 heavy (non-hydrogen) atoms. The number of rotatable bonds is 6. The highest BCUT2D eigenvalue weighted by molar-refractivity contribution is 6.10. The molecular formula is C28H36N8O3. The summed E-state index contributed by atoms with van der Waals surface area (Å²) in [7, 11) is 3.62. The molecule has 3 aromatic rings. The van der Waals surface area contributed by atoms with Crippen LogP contribution in [0.4, 0.5) is 16.4 Å². The Bertz CT molecular complexity index is 1420. The molecule has 0 unspecified atom stereocenters. The highest BCUT2D eigenvalue weighted by Gasteiger charge is 2.34. The molecule has 2 amide bonds. The van der Waals surface area contributed by atoms with E-state index in [1.165, 1.54) is 4.90 Å². The maximum atomic E-state index is 13.8. The van der Waals surface area contributed by atoms with Crippen molar-refractivity contribution in [3.8, 4) is 11.5 Å². The van der Waals surface area contributed by atoms with Gasteiger partial charge in [-0.2, -0.15) is 0 Å². The molecule has 0 saturated heterocycles. The second-order valence-corrected chi connectivity index (χ2v) is 11.5. The van der Waals surface area contributed by atoms with Crippen molar-refractivity contribution >= 4 is 23.6 Å². The molecule has 0 N–H and O–H groups in total. The Morgan fingerprint density at radius 1 is 1.15 bits per heavy atom. The van der Waals surface area contributed by atoms with Gasteiger partial charge in [0, 0.05) is 38.7 Å². The Morgan fingerprint density at radius 3 is 2.64 bits per heavy atom. The quantitative estimate of drug-likeness (QED) is 0.468. The van der Waals surface area contributed by atoms with Crippen molar-refractivity contribution in [3.63, 3.8) is 0 Å². The minimum Gasteiger partial charge on any atom is -0.444 e. The minimum absolute atomic E-state index is 0.150. The lowest BCUT2D eigenvalue weighted by atomic mass is 10.1. The van der Waals surface area contributed by atoms with Crippen molar-refractivity contribution in [1.29, 1.82) is 0 Å². The summed E-state index contributed by atoms with van der Waals surface area (Å²) >= 11 is 0. The number of hydrogen-bond donors (Lipinski definition) is 0. The predicted octanol–water partition coefficient (Wildman–Crippen LogP) is 4.05. The largest absolute Gasteiger partial charge is 0.444 e. The molecule has 11 nitrogen and oxygen atoms in total. The van der Waals surface area contributed by atoms with Crippen LogP contribution in [0.2, 0.25) is 0 Å². The van der Waals surface area contributed by atoms with E-state index in [0.29, 0.717) is 35.1 Å². The third kappa shape index (κ3) is 5.17. The van der Waals surface area contributed by atoms with Crippen molar-refractivity contribution in [3.05, 3.63) is 46.9 Å². The topological polar surface area (TPSA) is 110 Å². The van der Waals surface area contributed by atoms with Gasteiger partial charge in [-0.3, -0.25) is 9.69 Å². The van der Waals surface area contributed by atoms with Gasteiger partial charge in [0.25, 0.3) is 5.91 Å². The maximum Gasteiger partial charge on any atom is 0.410 e. The molecule has 0 aromatic carbocycles. The molecule has 5 rings (SSSR count). The van der Waals surface area contributed by atoms with E-state index in [-0.39, 0.29) is 18.5 Å². The van der Waals surface area contributed by atoms with Gasteiger partial charge in [0.2, 0.25) is 0 Å². The molecule has 0 atom stereocenters. The lowest BCUT2D eigenvalue weighted by Crippen LogP contribution is -2.34. The summed E-state index contributed by atoms with van der Waals surface area (Å²) in [5, 5.41) is 8.65. The zero-order chi connectivity index (χ0) is 28.1. The Morgan fingerprint density at radius 2 is 1.92 bits per heavy atom. The first-order valence-corrected chi connectivity index (χ1v) is 13.3. The van der Waals surface area contributed by atoms with E-state index in [1.54, 1.807) is 11.9 Å². The van der Waals surface area contributed by atoms with E-state index in [1.807, 2.05) is 57.0 Å². The molecule has 0 fully saturated rings. The molecular weight excluding hydrogens is 496 g/mol. The zero-order valence-electron chi connectivity index (χ0n) is 23.7. The van der Waals surface area contributed by atoms with Crippen LogP contribution >= 0.6 is 0 Å². The van der Waals surface area contributed by atoms with Crippen LogP contribution in [0.3, 0.4) is 0 Å². The van der Waals surface area contributed by atoms with Crippen LogP contribution < -0.4 is 9.80 Å². The number of ether oxygens (including phenoxy) is 1. The van der Waals surface area contributed by atoms with Crippen LogP contribution in [0.5, 0.6) is 0 Å². The first-order valence-electron chi connectivity index (χ1n) is 13.3. The fourth-order valence-corrected chi connectivity index (χ4v) is 4.78. The van der Waals surface area contributed by atoms with Crippen LogP contribution in [-0.4, -0.2) is 67.4 Å². The first-order chi connectivity index (χ1) is 18.4. The van der Waals surface area contributed by atoms with Crippen molar-refractivity contribution in [2.45, 2.75) is 78.7 Å². The SMILES string of the molecule is CC(C)N(C)c1cc2c(c(CN(C)C(=O)OC(C)(C)C)n1)CN(c1cccc(-c3nnc4n3CCC4)n1)C2=O. The summed E-state index contributed by atoms with van der Waals surface area (Å²) in [4.78, 5) is 41.4. The third-order valence-electron chi connectivity index (χ3n) is 7.07. The van der Waals surface area contributed by atoms with Crippen molar-refractivity contribution < 1.29 is 14.3 Å². The molecule has 0 saturated carbocycles. The number of nitrogens with zero attached hydrogens (tertiary/aromatic N) is 8. The maximum absolute atomic E-state index is 13.8. The predicted molar refractivity (Wildman–Crippen MR) is 148 cm³/mol. The number of carbonyl (C=O) groups excluding carboxylic acids is 2. The Kier molecular flexibility index (Phi) is 6.77. The number of anilines is 2. The summed E-state index contributed by atoms with van der Waals surface area (Å²) in [6, 6.07) is 7.62. The van der Waals surface area contributed by atoms with E-state index in [2.05, 4.69) is 28.6 Å². The van der Waals surface area contributed by atoms with E-state index in [0.717, 1.165) is 36.6 Å². The van der Waals surface area contributed by atoms with E-state index >= 15 is 0 Å². The van der Waals surface area contributed by atoms with Gasteiger partial charge < -0.3 is 19.1 Å². The number of aryl methyl sites for hydroxylation is 1. The van der Waals surface area contributed by atoms with Crippen molar-refractivity contribution in [2.75, 3.05) is 23.9 Å². The molecule has 3 aromatic heterocycles. The van der Waals surface area contributed by atoms with Gasteiger partial charge >= 0.3 is 6.09 Å². The number of amides is 2. The fraction of sp³-hybridized carbons (Fsp3) is 0.500. The molecule has 5 heterocycles. The summed E-state index contributed by atoms with van der Waals surface area (Å²) in [6.45, 7) is 11.0. The number of carbonyl (C=O) groups is 2. The Hall–Kier alpha value is -4.02. The third-order valence-corrected chi connectivity index (χ3v) is 7.07. The Labute approximate surface area is 228 Å². The number of aromatic nitrogens is 5. The minimum atomic E-state index is -0.617. The highest BCUT2D eigenvalue weighted by Crippen LogP contribution is 2.33. The average molecular weight is 533 g/mol. The van der Waals surface area contributed by atoms with Gasteiger partial charge in [0.05, 0.1) is 24.3 Å². The smallest absolute Gasteiger partial charge is 0.410 e. The van der Waals surface area contributed by atoms with Gasteiger partial charge in [0.15, 0.2) is 5.82 Å². The van der Waals surface area contributed by atoms with E-state index in [4.69, 9.17) is 14.7 Å². The number of hydrogen-bond acceptors (Lipinski definition) is 8. The van der Waals surface area contributed by atoms with Gasteiger partial charge in [-0.25, -0.2) is 14.8 Å². The summed E-state index contributed by atoms with van der Waals surface area (Å²) in [5.74, 6) is 2.74. The second-order valence-electron chi connectivity index (χ2n) is 11.5. The van der Waals surface area contributed by atoms with Crippen molar-refractivity contribution in [2.24, 2.45) is 0 Å². The van der Waals surface area contributed by atoms with Crippen LogP contribution in [0.1, 0.15) is 68.5 Å². The summed E-state index contributed by atoms with van der Waals surface area (Å²) in [5.41, 5.74) is 2.07. The molecule has 0 spiro atoms. The molecule has 206 valence electrons. The molecule has 0 radical (unpaired) electrons. The lowest BCUT2D eigenvalue weighted by Gasteiger charge is -2.26. The van der Waals surface area contributed by atoms with E-state index < -0.39 is 11.7 Å². The fourth-order valence-electron chi connectivity index (χ4n) is 4.78. The number of fused-ring (bicyclic) bond motifs is 2. The van der Waals surface area contributed by atoms with Crippen molar-refractivity contribution in [1.82, 2.24) is 29.6 Å². The average Bonchev–Trinajstić information content (AvgIpc) is 3.58. The zero-order valence-corrected chi connectivity index (χ0v) is 23.7. The molecule has 2 aliphatic rings. The van der Waals surface area contributed by atoms with Gasteiger partial charge in [0.1, 0.15) is 28.8 Å². The van der Waals surface area contributed by atoms with Crippen LogP contribution in [-0.2, 0) is 30.8 Å². The summed E-state index contributed by atoms with van der Waals surface area (Å²) in [6.07, 6.45) is 1.50. The van der Waals surface area contributed by atoms with Gasteiger partial charge in [-0.15, -0.1) is 10.2 Å². The number of pyridine rings is 2. The van der Waals surface area contributed by atoms with Gasteiger partial charge in [-0.05, 0) is 59.2 Å². The monoisotopic (exact) mass is 532 g/mol. The van der Waals surface area contributed by atoms with Crippen LogP contribution in [0.15, 0.2) is 24.3 Å². The molecule has 11 heteroatoms. The lowest BCUT2D eigenvalue weighted by molar-refractivity contribution is 0.0282. The highest BCUT2D eigenvalue weighted by atomic mass is 16.6. The Balaban J connectivity index is 1.49. The standard InChI is InChI=1S/C28H36N8O3/c1-17(2)34(7)24-14-18-19(21(30-24)16-33(6)27(38)39-28(3,4)5)15-36(26(18)37)22-11-8-10-20(29-22)25-32-31-23-12-9-13-35(23)25/h8,10-11,14,17H,9,12-13,15-16H2,1-7H3. The molecule has 2 aliphatic heterocycles. The normalized spacial score (nSPS) is 14.6.